The average molecular weight is 525 g/mol. The molecule has 0 fully saturated rings. The van der Waals surface area contributed by atoms with Crippen molar-refractivity contribution in [1.29, 1.82) is 0 Å². The lowest BCUT2D eigenvalue weighted by molar-refractivity contribution is 1.18. The Morgan fingerprint density at radius 2 is 0.902 bits per heavy atom. The van der Waals surface area contributed by atoms with E-state index in [0.29, 0.717) is 0 Å². The zero-order valence-corrected chi connectivity index (χ0v) is 22.8. The molecule has 0 N–H and O–H groups in total. The first-order valence-electron chi connectivity index (χ1n) is 13.9. The Morgan fingerprint density at radius 3 is 1.61 bits per heavy atom. The number of rotatable bonds is 5. The van der Waals surface area contributed by atoms with Crippen LogP contribution in [0.15, 0.2) is 152 Å². The number of nitrogens with zero attached hydrogens (tertiary/aromatic N) is 2. The Bertz CT molecular complexity index is 1950. The van der Waals surface area contributed by atoms with Crippen LogP contribution in [0, 0.1) is 6.92 Å². The Morgan fingerprint density at radius 1 is 0.390 bits per heavy atom. The summed E-state index contributed by atoms with van der Waals surface area (Å²) in [5, 5.41) is 2.50. The van der Waals surface area contributed by atoms with E-state index in [1.54, 1.807) is 0 Å². The summed E-state index contributed by atoms with van der Waals surface area (Å²) < 4.78 is 0. The van der Waals surface area contributed by atoms with Crippen molar-refractivity contribution in [1.82, 2.24) is 9.97 Å². The highest BCUT2D eigenvalue weighted by molar-refractivity contribution is 5.96. The van der Waals surface area contributed by atoms with Gasteiger partial charge in [-0.3, -0.25) is 0 Å². The molecular weight excluding hydrogens is 496 g/mol. The van der Waals surface area contributed by atoms with Gasteiger partial charge in [-0.2, -0.15) is 0 Å². The Kier molecular flexibility index (Phi) is 6.42. The van der Waals surface area contributed by atoms with Crippen molar-refractivity contribution in [2.24, 2.45) is 0 Å². The number of benzene rings is 6. The summed E-state index contributed by atoms with van der Waals surface area (Å²) in [5.41, 5.74) is 11.0. The van der Waals surface area contributed by atoms with Crippen LogP contribution in [0.4, 0.5) is 0 Å². The Labute approximate surface area is 240 Å². The molecule has 7 aromatic rings. The van der Waals surface area contributed by atoms with E-state index in [1.165, 1.54) is 38.6 Å². The lowest BCUT2D eigenvalue weighted by Gasteiger charge is -2.11. The molecule has 2 nitrogen and oxygen atoms in total. The first kappa shape index (κ1) is 24.7. The standard InChI is InChI=1S/C39H28N2/c1-27-14-16-28(17-15-27)29-18-24-34(25-19-29)39-40-37(32-9-3-2-4-10-32)26-38(41-39)33-22-20-31(21-23-33)36-13-7-11-30-8-5-6-12-35(30)36/h2-26H,1H3. The summed E-state index contributed by atoms with van der Waals surface area (Å²) in [4.78, 5) is 10.1. The predicted octanol–water partition coefficient (Wildman–Crippen LogP) is 10.3. The van der Waals surface area contributed by atoms with E-state index >= 15 is 0 Å². The molecule has 0 amide bonds. The van der Waals surface area contributed by atoms with Gasteiger partial charge in [0.05, 0.1) is 11.4 Å². The molecule has 0 aliphatic rings. The minimum Gasteiger partial charge on any atom is -0.228 e. The second-order valence-electron chi connectivity index (χ2n) is 10.4. The van der Waals surface area contributed by atoms with Crippen LogP contribution in [0.2, 0.25) is 0 Å². The molecule has 0 bridgehead atoms. The molecule has 0 unspecified atom stereocenters. The average Bonchev–Trinajstić information content (AvgIpc) is 3.05. The fourth-order valence-electron chi connectivity index (χ4n) is 5.34. The van der Waals surface area contributed by atoms with Crippen LogP contribution < -0.4 is 0 Å². The Hall–Kier alpha value is -5.34. The van der Waals surface area contributed by atoms with Gasteiger partial charge in [0.15, 0.2) is 5.82 Å². The van der Waals surface area contributed by atoms with Gasteiger partial charge in [0.2, 0.25) is 0 Å². The van der Waals surface area contributed by atoms with Gasteiger partial charge < -0.3 is 0 Å². The lowest BCUT2D eigenvalue weighted by Crippen LogP contribution is -1.96. The van der Waals surface area contributed by atoms with Crippen LogP contribution in [0.25, 0.3) is 66.9 Å². The van der Waals surface area contributed by atoms with E-state index < -0.39 is 0 Å². The zero-order valence-electron chi connectivity index (χ0n) is 22.8. The number of aryl methyl sites for hydroxylation is 1. The summed E-state index contributed by atoms with van der Waals surface area (Å²) in [7, 11) is 0. The van der Waals surface area contributed by atoms with E-state index in [9.17, 15) is 0 Å². The van der Waals surface area contributed by atoms with Crippen LogP contribution >= 0.6 is 0 Å². The van der Waals surface area contributed by atoms with Gasteiger partial charge in [-0.05, 0) is 46.0 Å². The molecule has 6 aromatic carbocycles. The van der Waals surface area contributed by atoms with Crippen LogP contribution in [0.5, 0.6) is 0 Å². The van der Waals surface area contributed by atoms with Gasteiger partial charge in [-0.1, -0.05) is 151 Å². The second-order valence-corrected chi connectivity index (χ2v) is 10.4. The van der Waals surface area contributed by atoms with E-state index in [1.807, 2.05) is 18.2 Å². The maximum Gasteiger partial charge on any atom is 0.160 e. The van der Waals surface area contributed by atoms with E-state index in [2.05, 4.69) is 140 Å². The molecule has 0 radical (unpaired) electrons. The molecule has 1 aromatic heterocycles. The van der Waals surface area contributed by atoms with E-state index in [-0.39, 0.29) is 0 Å². The molecule has 0 atom stereocenters. The van der Waals surface area contributed by atoms with Crippen LogP contribution in [-0.2, 0) is 0 Å². The molecule has 41 heavy (non-hydrogen) atoms. The summed E-state index contributed by atoms with van der Waals surface area (Å²) in [6, 6.07) is 53.3. The predicted molar refractivity (Wildman–Crippen MR) is 171 cm³/mol. The van der Waals surface area contributed by atoms with Crippen LogP contribution in [0.3, 0.4) is 0 Å². The molecule has 2 heteroatoms. The molecule has 194 valence electrons. The van der Waals surface area contributed by atoms with E-state index in [0.717, 1.165) is 33.9 Å². The third kappa shape index (κ3) is 5.04. The van der Waals surface area contributed by atoms with Crippen molar-refractivity contribution in [3.05, 3.63) is 157 Å². The normalized spacial score (nSPS) is 11.0. The fraction of sp³-hybridized carbons (Fsp3) is 0.0256. The monoisotopic (exact) mass is 524 g/mol. The molecule has 0 aliphatic carbocycles. The maximum absolute atomic E-state index is 5.05. The number of aromatic nitrogens is 2. The largest absolute Gasteiger partial charge is 0.228 e. The van der Waals surface area contributed by atoms with Crippen molar-refractivity contribution >= 4 is 10.8 Å². The first-order chi connectivity index (χ1) is 20.2. The quantitative estimate of drug-likeness (QED) is 0.224. The molecule has 0 saturated heterocycles. The third-order valence-corrected chi connectivity index (χ3v) is 7.61. The maximum atomic E-state index is 5.05. The van der Waals surface area contributed by atoms with Crippen LogP contribution in [0.1, 0.15) is 5.56 Å². The van der Waals surface area contributed by atoms with Gasteiger partial charge in [0, 0.05) is 16.7 Å². The molecule has 7 rings (SSSR count). The van der Waals surface area contributed by atoms with Gasteiger partial charge in [0.1, 0.15) is 0 Å². The Balaban J connectivity index is 1.28. The third-order valence-electron chi connectivity index (χ3n) is 7.61. The summed E-state index contributed by atoms with van der Waals surface area (Å²) in [6.45, 7) is 2.11. The molecule has 0 spiro atoms. The lowest BCUT2D eigenvalue weighted by atomic mass is 9.97. The van der Waals surface area contributed by atoms with Gasteiger partial charge >= 0.3 is 0 Å². The highest BCUT2D eigenvalue weighted by atomic mass is 14.9. The molecule has 0 saturated carbocycles. The van der Waals surface area contributed by atoms with Crippen molar-refractivity contribution in [3.8, 4) is 56.2 Å². The fourth-order valence-corrected chi connectivity index (χ4v) is 5.34. The highest BCUT2D eigenvalue weighted by Gasteiger charge is 2.12. The summed E-state index contributed by atoms with van der Waals surface area (Å²) in [6.07, 6.45) is 0. The molecule has 0 aliphatic heterocycles. The van der Waals surface area contributed by atoms with Crippen molar-refractivity contribution in [2.45, 2.75) is 6.92 Å². The zero-order chi connectivity index (χ0) is 27.6. The van der Waals surface area contributed by atoms with Crippen molar-refractivity contribution in [2.75, 3.05) is 0 Å². The summed E-state index contributed by atoms with van der Waals surface area (Å²) in [5.74, 6) is 0.718. The van der Waals surface area contributed by atoms with Crippen molar-refractivity contribution < 1.29 is 0 Å². The topological polar surface area (TPSA) is 25.8 Å². The van der Waals surface area contributed by atoms with E-state index in [4.69, 9.17) is 9.97 Å². The smallest absolute Gasteiger partial charge is 0.160 e. The van der Waals surface area contributed by atoms with Gasteiger partial charge in [-0.15, -0.1) is 0 Å². The highest BCUT2D eigenvalue weighted by Crippen LogP contribution is 2.32. The minimum absolute atomic E-state index is 0.718. The SMILES string of the molecule is Cc1ccc(-c2ccc(-c3nc(-c4ccccc4)cc(-c4ccc(-c5cccc6ccccc56)cc4)n3)cc2)cc1. The number of hydrogen-bond donors (Lipinski definition) is 0. The van der Waals surface area contributed by atoms with Gasteiger partial charge in [-0.25, -0.2) is 9.97 Å². The number of fused-ring (bicyclic) bond motifs is 1. The molecular formula is C39H28N2. The second kappa shape index (κ2) is 10.7. The molecule has 1 heterocycles. The van der Waals surface area contributed by atoms with Crippen molar-refractivity contribution in [3.63, 3.8) is 0 Å². The first-order valence-corrected chi connectivity index (χ1v) is 13.9. The van der Waals surface area contributed by atoms with Crippen LogP contribution in [-0.4, -0.2) is 9.97 Å². The summed E-state index contributed by atoms with van der Waals surface area (Å²) >= 11 is 0. The van der Waals surface area contributed by atoms with Gasteiger partial charge in [0.25, 0.3) is 0 Å². The minimum atomic E-state index is 0.718. The number of hydrogen-bond acceptors (Lipinski definition) is 2.